The zero-order valence-corrected chi connectivity index (χ0v) is 12.7. The highest BCUT2D eigenvalue weighted by molar-refractivity contribution is 7.89. The monoisotopic (exact) mass is 300 g/mol. The third-order valence-electron chi connectivity index (χ3n) is 3.40. The Morgan fingerprint density at radius 3 is 2.55 bits per heavy atom. The molecule has 1 N–H and O–H groups in total. The Labute approximate surface area is 119 Å². The molecule has 1 saturated heterocycles. The third-order valence-corrected chi connectivity index (χ3v) is 5.41. The molecule has 6 nitrogen and oxygen atoms in total. The van der Waals surface area contributed by atoms with Crippen LogP contribution in [0, 0.1) is 0 Å². The summed E-state index contributed by atoms with van der Waals surface area (Å²) in [4.78, 5) is 0.226. The topological polar surface area (TPSA) is 67.9 Å². The molecule has 1 aromatic rings. The normalized spacial score (nSPS) is 20.6. The third kappa shape index (κ3) is 2.74. The summed E-state index contributed by atoms with van der Waals surface area (Å²) >= 11 is 0. The van der Waals surface area contributed by atoms with E-state index < -0.39 is 10.0 Å². The molecular weight excluding hydrogens is 280 g/mol. The summed E-state index contributed by atoms with van der Waals surface area (Å²) in [5, 5.41) is 3.18. The minimum absolute atomic E-state index is 0.0677. The van der Waals surface area contributed by atoms with Crippen molar-refractivity contribution in [2.75, 3.05) is 33.9 Å². The second-order valence-corrected chi connectivity index (χ2v) is 6.58. The van der Waals surface area contributed by atoms with E-state index >= 15 is 0 Å². The average molecular weight is 300 g/mol. The van der Waals surface area contributed by atoms with Gasteiger partial charge in [-0.2, -0.15) is 4.31 Å². The molecule has 112 valence electrons. The van der Waals surface area contributed by atoms with Gasteiger partial charge in [-0.3, -0.25) is 0 Å². The summed E-state index contributed by atoms with van der Waals surface area (Å²) in [6.45, 7) is 3.69. The zero-order chi connectivity index (χ0) is 14.8. The van der Waals surface area contributed by atoms with Crippen molar-refractivity contribution in [3.63, 3.8) is 0 Å². The van der Waals surface area contributed by atoms with Crippen LogP contribution in [0.4, 0.5) is 0 Å². The lowest BCUT2D eigenvalue weighted by Gasteiger charge is -2.32. The van der Waals surface area contributed by atoms with E-state index in [1.165, 1.54) is 24.6 Å². The number of hydrogen-bond donors (Lipinski definition) is 1. The molecule has 0 spiro atoms. The Bertz CT molecular complexity index is 574. The fourth-order valence-electron chi connectivity index (χ4n) is 2.29. The van der Waals surface area contributed by atoms with Crippen molar-refractivity contribution in [2.45, 2.75) is 17.9 Å². The van der Waals surface area contributed by atoms with E-state index in [0.717, 1.165) is 0 Å². The Balaban J connectivity index is 2.38. The van der Waals surface area contributed by atoms with Crippen LogP contribution in [0.2, 0.25) is 0 Å². The summed E-state index contributed by atoms with van der Waals surface area (Å²) < 4.78 is 37.1. The lowest BCUT2D eigenvalue weighted by atomic mass is 10.3. The van der Waals surface area contributed by atoms with Crippen molar-refractivity contribution in [1.82, 2.24) is 9.62 Å². The molecule has 1 aliphatic rings. The first-order chi connectivity index (χ1) is 9.50. The molecule has 1 aromatic carbocycles. The van der Waals surface area contributed by atoms with E-state index in [4.69, 9.17) is 9.47 Å². The molecule has 0 saturated carbocycles. The van der Waals surface area contributed by atoms with E-state index in [1.807, 2.05) is 6.92 Å². The summed E-state index contributed by atoms with van der Waals surface area (Å²) in [5.41, 5.74) is 0. The van der Waals surface area contributed by atoms with Crippen LogP contribution in [0.5, 0.6) is 11.5 Å². The molecule has 0 bridgehead atoms. The van der Waals surface area contributed by atoms with Gasteiger partial charge in [0.05, 0.1) is 19.1 Å². The van der Waals surface area contributed by atoms with Crippen molar-refractivity contribution in [2.24, 2.45) is 0 Å². The first kappa shape index (κ1) is 15.1. The van der Waals surface area contributed by atoms with Crippen molar-refractivity contribution in [3.05, 3.63) is 18.2 Å². The number of nitrogens with zero attached hydrogens (tertiary/aromatic N) is 1. The predicted molar refractivity (Wildman–Crippen MR) is 75.8 cm³/mol. The molecule has 1 heterocycles. The van der Waals surface area contributed by atoms with Gasteiger partial charge in [-0.1, -0.05) is 0 Å². The van der Waals surface area contributed by atoms with Gasteiger partial charge in [0.1, 0.15) is 0 Å². The second kappa shape index (κ2) is 5.99. The van der Waals surface area contributed by atoms with Gasteiger partial charge in [-0.15, -0.1) is 0 Å². The van der Waals surface area contributed by atoms with E-state index in [-0.39, 0.29) is 10.9 Å². The Hall–Kier alpha value is -1.31. The van der Waals surface area contributed by atoms with E-state index in [0.29, 0.717) is 31.1 Å². The lowest BCUT2D eigenvalue weighted by Crippen LogP contribution is -2.52. The fourth-order valence-corrected chi connectivity index (χ4v) is 3.94. The highest BCUT2D eigenvalue weighted by Crippen LogP contribution is 2.31. The molecule has 0 unspecified atom stereocenters. The minimum Gasteiger partial charge on any atom is -0.493 e. The molecule has 1 aliphatic heterocycles. The average Bonchev–Trinajstić information content (AvgIpc) is 2.46. The quantitative estimate of drug-likeness (QED) is 0.886. The number of ether oxygens (including phenoxy) is 2. The van der Waals surface area contributed by atoms with Crippen LogP contribution >= 0.6 is 0 Å². The number of piperazine rings is 1. The number of hydrogen-bond acceptors (Lipinski definition) is 5. The smallest absolute Gasteiger partial charge is 0.243 e. The molecule has 1 fully saturated rings. The van der Waals surface area contributed by atoms with Gasteiger partial charge < -0.3 is 14.8 Å². The zero-order valence-electron chi connectivity index (χ0n) is 11.9. The van der Waals surface area contributed by atoms with Gasteiger partial charge >= 0.3 is 0 Å². The van der Waals surface area contributed by atoms with Crippen LogP contribution in [0.1, 0.15) is 6.92 Å². The molecule has 2 rings (SSSR count). The van der Waals surface area contributed by atoms with E-state index in [1.54, 1.807) is 12.1 Å². The van der Waals surface area contributed by atoms with Crippen molar-refractivity contribution >= 4 is 10.0 Å². The predicted octanol–water partition coefficient (Wildman–Crippen LogP) is 0.686. The molecule has 0 aliphatic carbocycles. The molecule has 0 aromatic heterocycles. The van der Waals surface area contributed by atoms with Gasteiger partial charge in [-0.25, -0.2) is 8.42 Å². The van der Waals surface area contributed by atoms with Gasteiger partial charge in [0.25, 0.3) is 0 Å². The first-order valence-corrected chi connectivity index (χ1v) is 7.89. The molecule has 1 atom stereocenters. The van der Waals surface area contributed by atoms with E-state index in [2.05, 4.69) is 5.32 Å². The van der Waals surface area contributed by atoms with Gasteiger partial charge in [0.15, 0.2) is 11.5 Å². The number of sulfonamides is 1. The Kier molecular flexibility index (Phi) is 4.52. The summed E-state index contributed by atoms with van der Waals surface area (Å²) in [6, 6.07) is 4.59. The SMILES string of the molecule is COc1ccc(S(=O)(=O)N2CCNC[C@H]2C)cc1OC. The number of nitrogens with one attached hydrogen (secondary N) is 1. The maximum Gasteiger partial charge on any atom is 0.243 e. The fraction of sp³-hybridized carbons (Fsp3) is 0.538. The molecular formula is C13H20N2O4S. The lowest BCUT2D eigenvalue weighted by molar-refractivity contribution is 0.283. The molecule has 0 amide bonds. The highest BCUT2D eigenvalue weighted by Gasteiger charge is 2.31. The Morgan fingerprint density at radius 1 is 1.25 bits per heavy atom. The summed E-state index contributed by atoms with van der Waals surface area (Å²) in [5.74, 6) is 0.927. The van der Waals surface area contributed by atoms with Gasteiger partial charge in [-0.05, 0) is 19.1 Å². The molecule has 0 radical (unpaired) electrons. The number of benzene rings is 1. The summed E-state index contributed by atoms with van der Waals surface area (Å²) in [7, 11) is -0.505. The maximum atomic E-state index is 12.7. The summed E-state index contributed by atoms with van der Waals surface area (Å²) in [6.07, 6.45) is 0. The molecule has 7 heteroatoms. The maximum absolute atomic E-state index is 12.7. The second-order valence-electron chi connectivity index (χ2n) is 4.69. The van der Waals surface area contributed by atoms with Crippen molar-refractivity contribution < 1.29 is 17.9 Å². The van der Waals surface area contributed by atoms with Crippen LogP contribution in [0.15, 0.2) is 23.1 Å². The number of methoxy groups -OCH3 is 2. The first-order valence-electron chi connectivity index (χ1n) is 6.45. The van der Waals surface area contributed by atoms with Crippen LogP contribution in [-0.4, -0.2) is 52.6 Å². The highest BCUT2D eigenvalue weighted by atomic mass is 32.2. The van der Waals surface area contributed by atoms with Crippen LogP contribution in [0.3, 0.4) is 0 Å². The van der Waals surface area contributed by atoms with Crippen LogP contribution in [-0.2, 0) is 10.0 Å². The van der Waals surface area contributed by atoms with Crippen LogP contribution in [0.25, 0.3) is 0 Å². The number of rotatable bonds is 4. The van der Waals surface area contributed by atoms with E-state index in [9.17, 15) is 8.42 Å². The van der Waals surface area contributed by atoms with Crippen molar-refractivity contribution in [3.8, 4) is 11.5 Å². The van der Waals surface area contributed by atoms with Crippen LogP contribution < -0.4 is 14.8 Å². The largest absolute Gasteiger partial charge is 0.493 e. The van der Waals surface area contributed by atoms with Crippen molar-refractivity contribution in [1.29, 1.82) is 0 Å². The molecule has 20 heavy (non-hydrogen) atoms. The van der Waals surface area contributed by atoms with Gasteiger partial charge in [0, 0.05) is 31.7 Å². The Morgan fingerprint density at radius 2 is 1.95 bits per heavy atom. The van der Waals surface area contributed by atoms with Gasteiger partial charge in [0.2, 0.25) is 10.0 Å². The minimum atomic E-state index is -3.51. The standard InChI is InChI=1S/C13H20N2O4S/c1-10-9-14-6-7-15(10)20(16,17)11-4-5-12(18-2)13(8-11)19-3/h4-5,8,10,14H,6-7,9H2,1-3H3/t10-/m1/s1.